The minimum Gasteiger partial charge on any atom is -0.493 e. The highest BCUT2D eigenvalue weighted by molar-refractivity contribution is 5.48. The summed E-state index contributed by atoms with van der Waals surface area (Å²) in [5, 5.41) is 9.57. The Morgan fingerprint density at radius 1 is 1.05 bits per heavy atom. The molecular weight excluding hydrogens is 276 g/mol. The molecule has 0 aliphatic rings. The first-order valence-electron chi connectivity index (χ1n) is 7.37. The zero-order valence-electron chi connectivity index (χ0n) is 13.1. The Kier molecular flexibility index (Phi) is 6.04. The van der Waals surface area contributed by atoms with Crippen LogP contribution in [0.3, 0.4) is 0 Å². The van der Waals surface area contributed by atoms with Crippen molar-refractivity contribution in [2.24, 2.45) is 0 Å². The lowest BCUT2D eigenvalue weighted by molar-refractivity contribution is 0.270. The third kappa shape index (κ3) is 4.12. The van der Waals surface area contributed by atoms with E-state index in [0.717, 1.165) is 23.1 Å². The van der Waals surface area contributed by atoms with Crippen molar-refractivity contribution >= 4 is 0 Å². The smallest absolute Gasteiger partial charge is 0.162 e. The van der Waals surface area contributed by atoms with E-state index in [1.165, 1.54) is 0 Å². The number of hydrogen-bond acceptors (Lipinski definition) is 3. The predicted octanol–water partition coefficient (Wildman–Crippen LogP) is 3.89. The van der Waals surface area contributed by atoms with E-state index in [2.05, 4.69) is 6.08 Å². The number of aliphatic hydroxyl groups is 1. The maximum absolute atomic E-state index is 9.57. The molecule has 0 spiro atoms. The van der Waals surface area contributed by atoms with Crippen molar-refractivity contribution in [1.82, 2.24) is 0 Å². The molecule has 0 bridgehead atoms. The van der Waals surface area contributed by atoms with Crippen LogP contribution in [0.1, 0.15) is 23.6 Å². The van der Waals surface area contributed by atoms with Crippen molar-refractivity contribution in [2.45, 2.75) is 26.6 Å². The highest BCUT2D eigenvalue weighted by Crippen LogP contribution is 2.32. The number of ether oxygens (including phenoxy) is 2. The summed E-state index contributed by atoms with van der Waals surface area (Å²) in [6, 6.07) is 13.8. The van der Waals surface area contributed by atoms with Gasteiger partial charge in [-0.2, -0.15) is 0 Å². The van der Waals surface area contributed by atoms with Crippen LogP contribution in [0.5, 0.6) is 11.5 Å². The van der Waals surface area contributed by atoms with Crippen LogP contribution in [-0.4, -0.2) is 12.2 Å². The molecule has 3 nitrogen and oxygen atoms in total. The fourth-order valence-electron chi connectivity index (χ4n) is 2.23. The van der Waals surface area contributed by atoms with E-state index in [1.807, 2.05) is 55.5 Å². The second-order valence-corrected chi connectivity index (χ2v) is 4.98. The first-order valence-corrected chi connectivity index (χ1v) is 7.37. The first kappa shape index (κ1) is 16.1. The second-order valence-electron chi connectivity index (χ2n) is 4.98. The molecule has 116 valence electrons. The van der Waals surface area contributed by atoms with Crippen LogP contribution in [0.2, 0.25) is 0 Å². The molecule has 0 fully saturated rings. The van der Waals surface area contributed by atoms with Crippen LogP contribution < -0.4 is 9.47 Å². The van der Waals surface area contributed by atoms with Crippen LogP contribution in [0, 0.1) is 0 Å². The topological polar surface area (TPSA) is 38.7 Å². The standard InChI is InChI=1S/C19H22O3/c1-3-4-10-16-11-18(21-2)19(12-17(16)13-20)22-14-15-8-6-5-7-9-15/h3-9,11-12,20H,10,13-14H2,1-2H3/b4-3+. The van der Waals surface area contributed by atoms with E-state index in [1.54, 1.807) is 7.11 Å². The molecule has 0 unspecified atom stereocenters. The summed E-state index contributed by atoms with van der Waals surface area (Å²) in [6.07, 6.45) is 4.81. The highest BCUT2D eigenvalue weighted by Gasteiger charge is 2.11. The number of methoxy groups -OCH3 is 1. The average Bonchev–Trinajstić information content (AvgIpc) is 2.58. The molecule has 2 rings (SSSR count). The Bertz CT molecular complexity index is 618. The first-order chi connectivity index (χ1) is 10.8. The van der Waals surface area contributed by atoms with Crippen LogP contribution in [0.25, 0.3) is 0 Å². The monoisotopic (exact) mass is 298 g/mol. The normalized spacial score (nSPS) is 10.9. The van der Waals surface area contributed by atoms with Gasteiger partial charge in [0.05, 0.1) is 13.7 Å². The van der Waals surface area contributed by atoms with Gasteiger partial charge in [0, 0.05) is 0 Å². The number of benzene rings is 2. The Balaban J connectivity index is 2.22. The summed E-state index contributed by atoms with van der Waals surface area (Å²) in [4.78, 5) is 0. The minimum atomic E-state index is -0.0153. The van der Waals surface area contributed by atoms with Gasteiger partial charge in [-0.1, -0.05) is 42.5 Å². The van der Waals surface area contributed by atoms with Crippen LogP contribution >= 0.6 is 0 Å². The fourth-order valence-corrected chi connectivity index (χ4v) is 2.23. The van der Waals surface area contributed by atoms with Gasteiger partial charge in [0.15, 0.2) is 11.5 Å². The van der Waals surface area contributed by atoms with Crippen molar-refractivity contribution in [3.63, 3.8) is 0 Å². The van der Waals surface area contributed by atoms with Gasteiger partial charge in [-0.15, -0.1) is 0 Å². The molecule has 0 heterocycles. The molecule has 22 heavy (non-hydrogen) atoms. The maximum Gasteiger partial charge on any atom is 0.162 e. The third-order valence-electron chi connectivity index (χ3n) is 3.47. The van der Waals surface area contributed by atoms with Gasteiger partial charge in [-0.25, -0.2) is 0 Å². The largest absolute Gasteiger partial charge is 0.493 e. The average molecular weight is 298 g/mol. The van der Waals surface area contributed by atoms with Crippen molar-refractivity contribution in [2.75, 3.05) is 7.11 Å². The third-order valence-corrected chi connectivity index (χ3v) is 3.47. The molecule has 0 aliphatic carbocycles. The van der Waals surface area contributed by atoms with Crippen LogP contribution in [0.15, 0.2) is 54.6 Å². The molecule has 0 amide bonds. The summed E-state index contributed by atoms with van der Waals surface area (Å²) in [7, 11) is 1.63. The van der Waals surface area contributed by atoms with Gasteiger partial charge in [-0.3, -0.25) is 0 Å². The zero-order valence-corrected chi connectivity index (χ0v) is 13.1. The Morgan fingerprint density at radius 3 is 2.41 bits per heavy atom. The molecule has 0 atom stereocenters. The van der Waals surface area contributed by atoms with E-state index in [-0.39, 0.29) is 6.61 Å². The highest BCUT2D eigenvalue weighted by atomic mass is 16.5. The van der Waals surface area contributed by atoms with E-state index >= 15 is 0 Å². The van der Waals surface area contributed by atoms with E-state index in [0.29, 0.717) is 18.1 Å². The molecule has 0 saturated heterocycles. The van der Waals surface area contributed by atoms with Gasteiger partial charge in [-0.05, 0) is 42.2 Å². The molecular formula is C19H22O3. The lowest BCUT2D eigenvalue weighted by atomic mass is 10.0. The van der Waals surface area contributed by atoms with E-state index in [4.69, 9.17) is 9.47 Å². The molecule has 0 aromatic heterocycles. The fraction of sp³-hybridized carbons (Fsp3) is 0.263. The quantitative estimate of drug-likeness (QED) is 0.788. The summed E-state index contributed by atoms with van der Waals surface area (Å²) in [5.74, 6) is 1.34. The SMILES string of the molecule is C/C=C/Cc1cc(OC)c(OCc2ccccc2)cc1CO. The molecule has 2 aromatic carbocycles. The molecule has 0 saturated carbocycles. The molecule has 2 aromatic rings. The number of hydrogen-bond donors (Lipinski definition) is 1. The number of aliphatic hydroxyl groups excluding tert-OH is 1. The van der Waals surface area contributed by atoms with Crippen molar-refractivity contribution < 1.29 is 14.6 Å². The van der Waals surface area contributed by atoms with Crippen LogP contribution in [0.4, 0.5) is 0 Å². The molecule has 0 aliphatic heterocycles. The van der Waals surface area contributed by atoms with Gasteiger partial charge in [0.1, 0.15) is 6.61 Å². The lowest BCUT2D eigenvalue weighted by Crippen LogP contribution is -2.01. The van der Waals surface area contributed by atoms with Gasteiger partial charge in [0.2, 0.25) is 0 Å². The van der Waals surface area contributed by atoms with Crippen molar-refractivity contribution in [3.8, 4) is 11.5 Å². The number of rotatable bonds is 7. The number of allylic oxidation sites excluding steroid dienone is 2. The second kappa shape index (κ2) is 8.25. The van der Waals surface area contributed by atoms with Crippen molar-refractivity contribution in [1.29, 1.82) is 0 Å². The van der Waals surface area contributed by atoms with Crippen LogP contribution in [-0.2, 0) is 19.6 Å². The van der Waals surface area contributed by atoms with Crippen molar-refractivity contribution in [3.05, 3.63) is 71.3 Å². The Labute approximate surface area is 131 Å². The molecule has 0 radical (unpaired) electrons. The van der Waals surface area contributed by atoms with Gasteiger partial charge in [0.25, 0.3) is 0 Å². The summed E-state index contributed by atoms with van der Waals surface area (Å²) in [5.41, 5.74) is 3.00. The Morgan fingerprint density at radius 2 is 1.77 bits per heavy atom. The maximum atomic E-state index is 9.57. The molecule has 1 N–H and O–H groups in total. The molecule has 3 heteroatoms. The van der Waals surface area contributed by atoms with Gasteiger partial charge >= 0.3 is 0 Å². The predicted molar refractivity (Wildman–Crippen MR) is 88.2 cm³/mol. The summed E-state index contributed by atoms with van der Waals surface area (Å²) >= 11 is 0. The van der Waals surface area contributed by atoms with Gasteiger partial charge < -0.3 is 14.6 Å². The Hall–Kier alpha value is -2.26. The summed E-state index contributed by atoms with van der Waals surface area (Å²) < 4.78 is 11.3. The minimum absolute atomic E-state index is 0.0153. The summed E-state index contributed by atoms with van der Waals surface area (Å²) in [6.45, 7) is 2.43. The van der Waals surface area contributed by atoms with E-state index < -0.39 is 0 Å². The lowest BCUT2D eigenvalue weighted by Gasteiger charge is -2.15. The zero-order chi connectivity index (χ0) is 15.8. The van der Waals surface area contributed by atoms with E-state index in [9.17, 15) is 5.11 Å².